The number of benzene rings is 1. The van der Waals surface area contributed by atoms with Crippen molar-refractivity contribution in [2.24, 2.45) is 0 Å². The molecule has 140 valence electrons. The molecule has 7 heteroatoms. The maximum absolute atomic E-state index is 13.4. The molecule has 1 atom stereocenters. The second-order valence-corrected chi connectivity index (χ2v) is 8.97. The van der Waals surface area contributed by atoms with Crippen molar-refractivity contribution in [3.05, 3.63) is 35.6 Å². The zero-order valence-electron chi connectivity index (χ0n) is 14.7. The summed E-state index contributed by atoms with van der Waals surface area (Å²) >= 11 is 0. The van der Waals surface area contributed by atoms with Gasteiger partial charge in [-0.25, -0.2) is 12.8 Å². The predicted molar refractivity (Wildman–Crippen MR) is 97.3 cm³/mol. The average molecular weight is 370 g/mol. The lowest BCUT2D eigenvalue weighted by atomic mass is 10.1. The highest BCUT2D eigenvalue weighted by Gasteiger charge is 2.31. The van der Waals surface area contributed by atoms with Crippen molar-refractivity contribution in [3.63, 3.8) is 0 Å². The zero-order chi connectivity index (χ0) is 17.7. The fraction of sp³-hybridized carbons (Fsp3) is 0.667. The number of rotatable bonds is 7. The van der Waals surface area contributed by atoms with E-state index in [0.29, 0.717) is 18.7 Å². The van der Waals surface area contributed by atoms with E-state index in [1.54, 1.807) is 16.4 Å². The molecule has 1 N–H and O–H groups in total. The molecular weight excluding hydrogens is 341 g/mol. The van der Waals surface area contributed by atoms with Crippen molar-refractivity contribution in [1.29, 1.82) is 0 Å². The molecule has 0 amide bonds. The first-order valence-corrected chi connectivity index (χ1v) is 10.8. The molecule has 2 fully saturated rings. The SMILES string of the molecule is O=S(=O)(Cc1cccc(F)c1)N(CCN1CCCC1)C1CCCNC1. The Balaban J connectivity index is 1.73. The van der Waals surface area contributed by atoms with Crippen molar-refractivity contribution >= 4 is 10.0 Å². The number of nitrogens with one attached hydrogen (secondary N) is 1. The van der Waals surface area contributed by atoms with Gasteiger partial charge >= 0.3 is 0 Å². The van der Waals surface area contributed by atoms with Gasteiger partial charge in [0.2, 0.25) is 10.0 Å². The Hall–Kier alpha value is -1.02. The predicted octanol–water partition coefficient (Wildman–Crippen LogP) is 1.81. The number of likely N-dealkylation sites (tertiary alicyclic amines) is 1. The van der Waals surface area contributed by atoms with E-state index in [9.17, 15) is 12.8 Å². The Labute approximate surface area is 150 Å². The third kappa shape index (κ3) is 5.23. The van der Waals surface area contributed by atoms with Gasteiger partial charge < -0.3 is 10.2 Å². The number of hydrogen-bond donors (Lipinski definition) is 1. The number of piperidine rings is 1. The van der Waals surface area contributed by atoms with E-state index in [1.165, 1.54) is 25.0 Å². The topological polar surface area (TPSA) is 52.7 Å². The molecule has 5 nitrogen and oxygen atoms in total. The molecule has 0 bridgehead atoms. The second-order valence-electron chi connectivity index (χ2n) is 7.05. The van der Waals surface area contributed by atoms with Crippen LogP contribution >= 0.6 is 0 Å². The van der Waals surface area contributed by atoms with Gasteiger partial charge in [0.25, 0.3) is 0 Å². The van der Waals surface area contributed by atoms with E-state index in [0.717, 1.165) is 39.0 Å². The van der Waals surface area contributed by atoms with E-state index < -0.39 is 15.8 Å². The fourth-order valence-electron chi connectivity index (χ4n) is 3.79. The quantitative estimate of drug-likeness (QED) is 0.796. The van der Waals surface area contributed by atoms with Crippen molar-refractivity contribution in [2.45, 2.75) is 37.5 Å². The van der Waals surface area contributed by atoms with Crippen LogP contribution in [0.25, 0.3) is 0 Å². The van der Waals surface area contributed by atoms with Crippen molar-refractivity contribution in [1.82, 2.24) is 14.5 Å². The summed E-state index contributed by atoms with van der Waals surface area (Å²) < 4.78 is 41.2. The molecular formula is C18H28FN3O2S. The summed E-state index contributed by atoms with van der Waals surface area (Å²) in [6, 6.07) is 5.90. The van der Waals surface area contributed by atoms with Crippen LogP contribution in [-0.4, -0.2) is 62.9 Å². The minimum atomic E-state index is -3.48. The normalized spacial score (nSPS) is 22.6. The minimum absolute atomic E-state index is 0.00471. The molecule has 2 aliphatic heterocycles. The Morgan fingerprint density at radius 1 is 1.24 bits per heavy atom. The fourth-order valence-corrected chi connectivity index (χ4v) is 5.56. The van der Waals surface area contributed by atoms with Gasteiger partial charge in [-0.05, 0) is 63.0 Å². The maximum Gasteiger partial charge on any atom is 0.218 e. The largest absolute Gasteiger partial charge is 0.315 e. The van der Waals surface area contributed by atoms with Gasteiger partial charge in [-0.2, -0.15) is 4.31 Å². The first-order valence-electron chi connectivity index (χ1n) is 9.22. The van der Waals surface area contributed by atoms with Crippen LogP contribution in [0.1, 0.15) is 31.2 Å². The highest BCUT2D eigenvalue weighted by Crippen LogP contribution is 2.20. The zero-order valence-corrected chi connectivity index (χ0v) is 15.5. The monoisotopic (exact) mass is 369 g/mol. The molecule has 2 aliphatic rings. The summed E-state index contributed by atoms with van der Waals surface area (Å²) in [7, 11) is -3.48. The average Bonchev–Trinajstić information content (AvgIpc) is 3.09. The summed E-state index contributed by atoms with van der Waals surface area (Å²) in [4.78, 5) is 2.33. The van der Waals surface area contributed by atoms with E-state index >= 15 is 0 Å². The van der Waals surface area contributed by atoms with Crippen molar-refractivity contribution in [2.75, 3.05) is 39.3 Å². The van der Waals surface area contributed by atoms with Crippen LogP contribution in [0, 0.1) is 5.82 Å². The summed E-state index contributed by atoms with van der Waals surface area (Å²) in [5, 5.41) is 3.31. The molecule has 0 aliphatic carbocycles. The minimum Gasteiger partial charge on any atom is -0.315 e. The first-order chi connectivity index (χ1) is 12.0. The number of nitrogens with zero attached hydrogens (tertiary/aromatic N) is 2. The Morgan fingerprint density at radius 3 is 2.72 bits per heavy atom. The Morgan fingerprint density at radius 2 is 2.04 bits per heavy atom. The van der Waals surface area contributed by atoms with Gasteiger partial charge in [-0.1, -0.05) is 12.1 Å². The van der Waals surface area contributed by atoms with Crippen molar-refractivity contribution < 1.29 is 12.8 Å². The Kier molecular flexibility index (Phi) is 6.44. The lowest BCUT2D eigenvalue weighted by Crippen LogP contribution is -2.51. The van der Waals surface area contributed by atoms with Crippen LogP contribution in [0.4, 0.5) is 4.39 Å². The number of sulfonamides is 1. The van der Waals surface area contributed by atoms with Gasteiger partial charge in [-0.3, -0.25) is 0 Å². The molecule has 0 radical (unpaired) electrons. The molecule has 25 heavy (non-hydrogen) atoms. The number of halogens is 1. The van der Waals surface area contributed by atoms with Gasteiger partial charge in [0, 0.05) is 25.7 Å². The number of hydrogen-bond acceptors (Lipinski definition) is 4. The lowest BCUT2D eigenvalue weighted by Gasteiger charge is -2.34. The summed E-state index contributed by atoms with van der Waals surface area (Å²) in [6.45, 7) is 5.05. The van der Waals surface area contributed by atoms with Crippen LogP contribution < -0.4 is 5.32 Å². The second kappa shape index (κ2) is 8.58. The summed E-state index contributed by atoms with van der Waals surface area (Å²) in [6.07, 6.45) is 4.26. The van der Waals surface area contributed by atoms with Crippen molar-refractivity contribution in [3.8, 4) is 0 Å². The Bertz CT molecular complexity index is 656. The van der Waals surface area contributed by atoms with Gasteiger partial charge in [-0.15, -0.1) is 0 Å². The van der Waals surface area contributed by atoms with Crippen LogP contribution in [0.15, 0.2) is 24.3 Å². The van der Waals surface area contributed by atoms with E-state index in [2.05, 4.69) is 10.2 Å². The highest BCUT2D eigenvalue weighted by molar-refractivity contribution is 7.88. The molecule has 1 unspecified atom stereocenters. The third-order valence-electron chi connectivity index (χ3n) is 5.11. The third-order valence-corrected chi connectivity index (χ3v) is 7.00. The van der Waals surface area contributed by atoms with Gasteiger partial charge in [0.05, 0.1) is 5.75 Å². The molecule has 0 spiro atoms. The maximum atomic E-state index is 13.4. The molecule has 3 rings (SSSR count). The molecule has 0 aromatic heterocycles. The van der Waals surface area contributed by atoms with Crippen LogP contribution in [0.5, 0.6) is 0 Å². The molecule has 1 aromatic rings. The molecule has 2 saturated heterocycles. The van der Waals surface area contributed by atoms with E-state index in [1.807, 2.05) is 0 Å². The van der Waals surface area contributed by atoms with Crippen LogP contribution in [0.3, 0.4) is 0 Å². The van der Waals surface area contributed by atoms with E-state index in [-0.39, 0.29) is 11.8 Å². The first kappa shape index (κ1) is 18.8. The van der Waals surface area contributed by atoms with Crippen LogP contribution in [0.2, 0.25) is 0 Å². The summed E-state index contributed by atoms with van der Waals surface area (Å²) in [5.41, 5.74) is 0.509. The lowest BCUT2D eigenvalue weighted by molar-refractivity contribution is 0.231. The molecule has 0 saturated carbocycles. The van der Waals surface area contributed by atoms with Gasteiger partial charge in [0.15, 0.2) is 0 Å². The standard InChI is InChI=1S/C18H28FN3O2S/c19-17-6-3-5-16(13-17)15-25(23,24)22(18-7-4-8-20-14-18)12-11-21-9-1-2-10-21/h3,5-6,13,18,20H,1-2,4,7-12,14-15H2. The van der Waals surface area contributed by atoms with Gasteiger partial charge in [0.1, 0.15) is 5.82 Å². The van der Waals surface area contributed by atoms with Crippen LogP contribution in [-0.2, 0) is 15.8 Å². The smallest absolute Gasteiger partial charge is 0.218 e. The summed E-state index contributed by atoms with van der Waals surface area (Å²) in [5.74, 6) is -0.531. The molecule has 2 heterocycles. The van der Waals surface area contributed by atoms with E-state index in [4.69, 9.17) is 0 Å². The molecule has 1 aromatic carbocycles. The highest BCUT2D eigenvalue weighted by atomic mass is 32.2.